The molecule has 0 radical (unpaired) electrons. The molecule has 0 atom stereocenters. The van der Waals surface area contributed by atoms with E-state index in [1.807, 2.05) is 25.1 Å². The molecule has 0 bridgehead atoms. The van der Waals surface area contributed by atoms with Gasteiger partial charge in [0.2, 0.25) is 5.88 Å². The molecule has 0 saturated heterocycles. The van der Waals surface area contributed by atoms with E-state index in [0.717, 1.165) is 17.8 Å². The molecular weight excluding hydrogens is 246 g/mol. The zero-order valence-corrected chi connectivity index (χ0v) is 10.8. The summed E-state index contributed by atoms with van der Waals surface area (Å²) in [6, 6.07) is 7.97. The summed E-state index contributed by atoms with van der Waals surface area (Å²) in [5.74, 6) is 1.56. The van der Waals surface area contributed by atoms with E-state index in [9.17, 15) is 0 Å². The lowest BCUT2D eigenvalue weighted by atomic mass is 10.3. The van der Waals surface area contributed by atoms with Crippen molar-refractivity contribution >= 4 is 22.5 Å². The summed E-state index contributed by atoms with van der Waals surface area (Å²) in [5, 5.41) is 2.07. The highest BCUT2D eigenvalue weighted by molar-refractivity contribution is 7.09. The lowest BCUT2D eigenvalue weighted by molar-refractivity contribution is 0.328. The largest absolute Gasteiger partial charge is 0.478 e. The second-order valence-electron chi connectivity index (χ2n) is 3.89. The SMILES string of the molecule is CCOc1ccc2[nH]c(Cc3cccs3)nc2n1. The van der Waals surface area contributed by atoms with Crippen molar-refractivity contribution in [1.82, 2.24) is 15.0 Å². The van der Waals surface area contributed by atoms with E-state index < -0.39 is 0 Å². The molecule has 0 aliphatic heterocycles. The Morgan fingerprint density at radius 2 is 2.22 bits per heavy atom. The van der Waals surface area contributed by atoms with Gasteiger partial charge in [-0.05, 0) is 24.4 Å². The van der Waals surface area contributed by atoms with Gasteiger partial charge in [0.25, 0.3) is 0 Å². The first kappa shape index (κ1) is 11.2. The van der Waals surface area contributed by atoms with Crippen molar-refractivity contribution in [2.24, 2.45) is 0 Å². The van der Waals surface area contributed by atoms with Crippen LogP contribution in [0.2, 0.25) is 0 Å². The second-order valence-corrected chi connectivity index (χ2v) is 4.93. The first-order valence-electron chi connectivity index (χ1n) is 5.86. The number of hydrogen-bond donors (Lipinski definition) is 1. The molecule has 0 spiro atoms. The van der Waals surface area contributed by atoms with Gasteiger partial charge in [0, 0.05) is 17.4 Å². The average Bonchev–Trinajstić information content (AvgIpc) is 2.98. The smallest absolute Gasteiger partial charge is 0.215 e. The second kappa shape index (κ2) is 4.78. The number of aromatic nitrogens is 3. The van der Waals surface area contributed by atoms with E-state index in [2.05, 4.69) is 26.4 Å². The van der Waals surface area contributed by atoms with Crippen molar-refractivity contribution in [2.75, 3.05) is 6.61 Å². The molecule has 3 heterocycles. The monoisotopic (exact) mass is 259 g/mol. The summed E-state index contributed by atoms with van der Waals surface area (Å²) < 4.78 is 5.37. The fraction of sp³-hybridized carbons (Fsp3) is 0.231. The molecular formula is C13H13N3OS. The predicted molar refractivity (Wildman–Crippen MR) is 72.2 cm³/mol. The van der Waals surface area contributed by atoms with Gasteiger partial charge >= 0.3 is 0 Å². The first-order chi connectivity index (χ1) is 8.85. The van der Waals surface area contributed by atoms with E-state index in [-0.39, 0.29) is 0 Å². The lowest BCUT2D eigenvalue weighted by Crippen LogP contribution is -1.93. The Balaban J connectivity index is 1.90. The van der Waals surface area contributed by atoms with Gasteiger partial charge in [0.15, 0.2) is 5.65 Å². The molecule has 3 aromatic heterocycles. The number of imidazole rings is 1. The summed E-state index contributed by atoms with van der Waals surface area (Å²) in [6.45, 7) is 2.56. The number of hydrogen-bond acceptors (Lipinski definition) is 4. The number of fused-ring (bicyclic) bond motifs is 1. The molecule has 0 amide bonds. The molecule has 0 fully saturated rings. The molecule has 0 unspecified atom stereocenters. The molecule has 0 aromatic carbocycles. The van der Waals surface area contributed by atoms with Crippen LogP contribution in [0.3, 0.4) is 0 Å². The minimum Gasteiger partial charge on any atom is -0.478 e. The maximum absolute atomic E-state index is 5.37. The summed E-state index contributed by atoms with van der Waals surface area (Å²) in [5.41, 5.74) is 1.66. The molecule has 0 aliphatic carbocycles. The van der Waals surface area contributed by atoms with Crippen molar-refractivity contribution in [3.8, 4) is 5.88 Å². The Bertz CT molecular complexity index is 645. The molecule has 0 saturated carbocycles. The van der Waals surface area contributed by atoms with E-state index in [0.29, 0.717) is 18.1 Å². The molecule has 3 rings (SSSR count). The maximum Gasteiger partial charge on any atom is 0.215 e. The van der Waals surface area contributed by atoms with Gasteiger partial charge in [0.1, 0.15) is 5.82 Å². The number of pyridine rings is 1. The molecule has 92 valence electrons. The van der Waals surface area contributed by atoms with Crippen LogP contribution in [-0.4, -0.2) is 21.6 Å². The standard InChI is InChI=1S/C13H13N3OS/c1-2-17-12-6-5-10-13(16-12)15-11(14-10)8-9-4-3-7-18-9/h3-7H,2,8H2,1H3,(H,14,15,16). The van der Waals surface area contributed by atoms with Crippen LogP contribution in [0.4, 0.5) is 0 Å². The van der Waals surface area contributed by atoms with Gasteiger partial charge in [-0.1, -0.05) is 6.07 Å². The average molecular weight is 259 g/mol. The number of aromatic amines is 1. The predicted octanol–water partition coefficient (Wildman–Crippen LogP) is 3.01. The molecule has 0 aliphatic rings. The van der Waals surface area contributed by atoms with Crippen LogP contribution in [0.25, 0.3) is 11.2 Å². The lowest BCUT2D eigenvalue weighted by Gasteiger charge is -1.99. The summed E-state index contributed by atoms with van der Waals surface area (Å²) in [7, 11) is 0. The Morgan fingerprint density at radius 3 is 3.00 bits per heavy atom. The Hall–Kier alpha value is -1.88. The normalized spacial score (nSPS) is 10.9. The number of ether oxygens (including phenoxy) is 1. The number of rotatable bonds is 4. The third-order valence-corrected chi connectivity index (χ3v) is 3.46. The number of nitrogens with zero attached hydrogens (tertiary/aromatic N) is 2. The number of H-pyrrole nitrogens is 1. The van der Waals surface area contributed by atoms with E-state index >= 15 is 0 Å². The fourth-order valence-electron chi connectivity index (χ4n) is 1.82. The minimum absolute atomic E-state index is 0.616. The van der Waals surface area contributed by atoms with Crippen molar-refractivity contribution in [1.29, 1.82) is 0 Å². The quantitative estimate of drug-likeness (QED) is 0.783. The van der Waals surface area contributed by atoms with Gasteiger partial charge in [-0.25, -0.2) is 4.98 Å². The Kier molecular flexibility index (Phi) is 2.98. The van der Waals surface area contributed by atoms with E-state index in [1.54, 1.807) is 11.3 Å². The third kappa shape index (κ3) is 2.22. The van der Waals surface area contributed by atoms with Crippen molar-refractivity contribution < 1.29 is 4.74 Å². The van der Waals surface area contributed by atoms with Gasteiger partial charge in [-0.2, -0.15) is 4.98 Å². The van der Waals surface area contributed by atoms with Crippen molar-refractivity contribution in [3.05, 3.63) is 40.3 Å². The molecule has 18 heavy (non-hydrogen) atoms. The highest BCUT2D eigenvalue weighted by Crippen LogP contribution is 2.18. The van der Waals surface area contributed by atoms with Gasteiger partial charge in [-0.3, -0.25) is 0 Å². The van der Waals surface area contributed by atoms with Crippen LogP contribution in [0, 0.1) is 0 Å². The first-order valence-corrected chi connectivity index (χ1v) is 6.74. The maximum atomic E-state index is 5.37. The van der Waals surface area contributed by atoms with Crippen molar-refractivity contribution in [3.63, 3.8) is 0 Å². The Morgan fingerprint density at radius 1 is 1.28 bits per heavy atom. The summed E-state index contributed by atoms with van der Waals surface area (Å²) >= 11 is 1.73. The highest BCUT2D eigenvalue weighted by atomic mass is 32.1. The van der Waals surface area contributed by atoms with Gasteiger partial charge in [-0.15, -0.1) is 11.3 Å². The summed E-state index contributed by atoms with van der Waals surface area (Å²) in [4.78, 5) is 13.4. The summed E-state index contributed by atoms with van der Waals surface area (Å²) in [6.07, 6.45) is 0.817. The van der Waals surface area contributed by atoms with Crippen LogP contribution in [0.15, 0.2) is 29.6 Å². The van der Waals surface area contributed by atoms with Gasteiger partial charge < -0.3 is 9.72 Å². The van der Waals surface area contributed by atoms with E-state index in [1.165, 1.54) is 4.88 Å². The number of nitrogens with one attached hydrogen (secondary N) is 1. The zero-order valence-electron chi connectivity index (χ0n) is 10.0. The minimum atomic E-state index is 0.616. The van der Waals surface area contributed by atoms with Crippen LogP contribution in [-0.2, 0) is 6.42 Å². The molecule has 3 aromatic rings. The molecule has 4 nitrogen and oxygen atoms in total. The molecule has 5 heteroatoms. The zero-order chi connectivity index (χ0) is 12.4. The van der Waals surface area contributed by atoms with Crippen LogP contribution in [0.1, 0.15) is 17.6 Å². The highest BCUT2D eigenvalue weighted by Gasteiger charge is 2.06. The Labute approximate surface area is 109 Å². The molecule has 1 N–H and O–H groups in total. The number of thiophene rings is 1. The topological polar surface area (TPSA) is 50.8 Å². The van der Waals surface area contributed by atoms with Crippen LogP contribution in [0.5, 0.6) is 5.88 Å². The van der Waals surface area contributed by atoms with Crippen LogP contribution >= 0.6 is 11.3 Å². The van der Waals surface area contributed by atoms with Crippen molar-refractivity contribution in [2.45, 2.75) is 13.3 Å². The van der Waals surface area contributed by atoms with E-state index in [4.69, 9.17) is 4.74 Å². The third-order valence-electron chi connectivity index (χ3n) is 2.58. The van der Waals surface area contributed by atoms with Crippen LogP contribution < -0.4 is 4.74 Å². The fourth-order valence-corrected chi connectivity index (χ4v) is 2.52. The van der Waals surface area contributed by atoms with Gasteiger partial charge in [0.05, 0.1) is 12.1 Å².